The van der Waals surface area contributed by atoms with Crippen LogP contribution in [0.5, 0.6) is 0 Å². The number of hydrogen-bond donors (Lipinski definition) is 1. The fourth-order valence-corrected chi connectivity index (χ4v) is 1.91. The number of nitrogens with one attached hydrogen (secondary N) is 1. The molecule has 1 aromatic carbocycles. The molecule has 0 saturated carbocycles. The van der Waals surface area contributed by atoms with Crippen LogP contribution in [0.15, 0.2) is 24.3 Å². The van der Waals surface area contributed by atoms with Gasteiger partial charge < -0.3 is 9.88 Å². The molecule has 16 heavy (non-hydrogen) atoms. The van der Waals surface area contributed by atoms with Gasteiger partial charge in [-0.3, -0.25) is 0 Å². The van der Waals surface area contributed by atoms with E-state index in [9.17, 15) is 0 Å². The second-order valence-corrected chi connectivity index (χ2v) is 3.95. The monoisotopic (exact) mass is 217 g/mol. The highest BCUT2D eigenvalue weighted by molar-refractivity contribution is 5.78. The molecule has 86 valence electrons. The number of rotatable bonds is 5. The van der Waals surface area contributed by atoms with E-state index in [2.05, 4.69) is 46.9 Å². The molecule has 0 atom stereocenters. The maximum atomic E-state index is 4.61. The summed E-state index contributed by atoms with van der Waals surface area (Å²) in [6.07, 6.45) is 2.40. The van der Waals surface area contributed by atoms with Gasteiger partial charge in [0.05, 0.1) is 11.0 Å². The van der Waals surface area contributed by atoms with Crippen LogP contribution in [-0.2, 0) is 6.54 Å². The molecule has 0 bridgehead atoms. The number of anilines is 1. The molecule has 3 nitrogen and oxygen atoms in total. The van der Waals surface area contributed by atoms with E-state index in [0.717, 1.165) is 24.6 Å². The van der Waals surface area contributed by atoms with E-state index in [-0.39, 0.29) is 0 Å². The number of fused-ring (bicyclic) bond motifs is 1. The third kappa shape index (κ3) is 2.03. The molecule has 1 heterocycles. The van der Waals surface area contributed by atoms with Gasteiger partial charge in [0.2, 0.25) is 5.95 Å². The number of nitrogens with zero attached hydrogens (tertiary/aromatic N) is 2. The van der Waals surface area contributed by atoms with E-state index >= 15 is 0 Å². The van der Waals surface area contributed by atoms with Crippen molar-refractivity contribution in [2.75, 3.05) is 11.9 Å². The molecule has 1 aromatic heterocycles. The van der Waals surface area contributed by atoms with E-state index in [4.69, 9.17) is 0 Å². The highest BCUT2D eigenvalue weighted by Gasteiger charge is 2.07. The summed E-state index contributed by atoms with van der Waals surface area (Å²) in [4.78, 5) is 4.61. The largest absolute Gasteiger partial charge is 0.356 e. The first kappa shape index (κ1) is 11.0. The average Bonchev–Trinajstić information content (AvgIpc) is 2.67. The first-order valence-corrected chi connectivity index (χ1v) is 6.06. The maximum absolute atomic E-state index is 4.61. The number of aromatic nitrogens is 2. The third-order valence-corrected chi connectivity index (χ3v) is 2.78. The number of aryl methyl sites for hydroxylation is 1. The minimum absolute atomic E-state index is 0.953. The van der Waals surface area contributed by atoms with Crippen LogP contribution in [0.2, 0.25) is 0 Å². The Hall–Kier alpha value is -1.51. The summed E-state index contributed by atoms with van der Waals surface area (Å²) >= 11 is 0. The van der Waals surface area contributed by atoms with E-state index in [1.807, 2.05) is 6.07 Å². The summed E-state index contributed by atoms with van der Waals surface area (Å²) < 4.78 is 2.23. The van der Waals surface area contributed by atoms with Crippen LogP contribution in [0.1, 0.15) is 26.7 Å². The fourth-order valence-electron chi connectivity index (χ4n) is 1.91. The predicted octanol–water partition coefficient (Wildman–Crippen LogP) is 3.27. The minimum atomic E-state index is 0.953. The van der Waals surface area contributed by atoms with Gasteiger partial charge in [0.25, 0.3) is 0 Å². The van der Waals surface area contributed by atoms with Gasteiger partial charge in [0, 0.05) is 13.1 Å². The molecule has 1 N–H and O–H groups in total. The second-order valence-electron chi connectivity index (χ2n) is 3.95. The lowest BCUT2D eigenvalue weighted by Crippen LogP contribution is -2.07. The van der Waals surface area contributed by atoms with Gasteiger partial charge >= 0.3 is 0 Å². The Morgan fingerprint density at radius 3 is 2.81 bits per heavy atom. The molecule has 0 fully saturated rings. The smallest absolute Gasteiger partial charge is 0.203 e. The first-order chi connectivity index (χ1) is 7.86. The van der Waals surface area contributed by atoms with Crippen LogP contribution in [-0.4, -0.2) is 16.1 Å². The summed E-state index contributed by atoms with van der Waals surface area (Å²) in [6.45, 7) is 6.30. The zero-order chi connectivity index (χ0) is 11.4. The van der Waals surface area contributed by atoms with Gasteiger partial charge in [0.15, 0.2) is 0 Å². The number of para-hydroxylation sites is 2. The van der Waals surface area contributed by atoms with Gasteiger partial charge in [-0.25, -0.2) is 4.98 Å². The number of imidazole rings is 1. The van der Waals surface area contributed by atoms with Gasteiger partial charge in [0.1, 0.15) is 0 Å². The summed E-state index contributed by atoms with van der Waals surface area (Å²) in [5, 5.41) is 3.41. The van der Waals surface area contributed by atoms with Gasteiger partial charge in [-0.1, -0.05) is 25.5 Å². The molecular formula is C13H19N3. The molecule has 0 amide bonds. The lowest BCUT2D eigenvalue weighted by Gasteiger charge is -2.07. The molecule has 0 radical (unpaired) electrons. The average molecular weight is 217 g/mol. The first-order valence-electron chi connectivity index (χ1n) is 6.06. The Bertz CT molecular complexity index is 459. The Morgan fingerprint density at radius 2 is 2.06 bits per heavy atom. The maximum Gasteiger partial charge on any atom is 0.203 e. The summed E-state index contributed by atoms with van der Waals surface area (Å²) in [5.41, 5.74) is 2.28. The van der Waals surface area contributed by atoms with Crippen LogP contribution in [0.25, 0.3) is 11.0 Å². The standard InChI is InChI=1S/C13H19N3/c1-3-5-10-14-13-15-11-8-6-7-9-12(11)16(13)4-2/h6-9H,3-5,10H2,1-2H3,(H,14,15). The molecule has 0 spiro atoms. The zero-order valence-corrected chi connectivity index (χ0v) is 10.0. The summed E-state index contributed by atoms with van der Waals surface area (Å²) in [6, 6.07) is 8.28. The lowest BCUT2D eigenvalue weighted by molar-refractivity contribution is 0.769. The van der Waals surface area contributed by atoms with E-state index in [1.54, 1.807) is 0 Å². The molecule has 0 aliphatic heterocycles. The normalized spacial score (nSPS) is 10.9. The van der Waals surface area contributed by atoms with Crippen molar-refractivity contribution < 1.29 is 0 Å². The van der Waals surface area contributed by atoms with E-state index in [0.29, 0.717) is 0 Å². The molecular weight excluding hydrogens is 198 g/mol. The molecule has 2 rings (SSSR count). The minimum Gasteiger partial charge on any atom is -0.356 e. The fraction of sp³-hybridized carbons (Fsp3) is 0.462. The molecule has 0 saturated heterocycles. The van der Waals surface area contributed by atoms with Crippen LogP contribution in [0, 0.1) is 0 Å². The molecule has 0 unspecified atom stereocenters. The molecule has 0 aliphatic carbocycles. The van der Waals surface area contributed by atoms with Crippen molar-refractivity contribution in [1.82, 2.24) is 9.55 Å². The lowest BCUT2D eigenvalue weighted by atomic mass is 10.3. The highest BCUT2D eigenvalue weighted by atomic mass is 15.2. The van der Waals surface area contributed by atoms with Crippen molar-refractivity contribution in [1.29, 1.82) is 0 Å². The molecule has 0 aliphatic rings. The van der Waals surface area contributed by atoms with Crippen molar-refractivity contribution in [3.05, 3.63) is 24.3 Å². The van der Waals surface area contributed by atoms with Crippen molar-refractivity contribution >= 4 is 17.0 Å². The highest BCUT2D eigenvalue weighted by Crippen LogP contribution is 2.19. The predicted molar refractivity (Wildman–Crippen MR) is 68.8 cm³/mol. The molecule has 2 aromatic rings. The van der Waals surface area contributed by atoms with Crippen LogP contribution in [0.3, 0.4) is 0 Å². The Kier molecular flexibility index (Phi) is 3.44. The van der Waals surface area contributed by atoms with E-state index in [1.165, 1.54) is 18.4 Å². The SMILES string of the molecule is CCCCNc1nc2ccccc2n1CC. The van der Waals surface area contributed by atoms with Crippen LogP contribution in [0.4, 0.5) is 5.95 Å². The zero-order valence-electron chi connectivity index (χ0n) is 10.0. The summed E-state index contributed by atoms with van der Waals surface area (Å²) in [5.74, 6) is 0.997. The van der Waals surface area contributed by atoms with Gasteiger partial charge in [-0.15, -0.1) is 0 Å². The van der Waals surface area contributed by atoms with Crippen molar-refractivity contribution in [3.8, 4) is 0 Å². The number of benzene rings is 1. The van der Waals surface area contributed by atoms with Crippen molar-refractivity contribution in [2.45, 2.75) is 33.2 Å². The Balaban J connectivity index is 2.29. The molecule has 3 heteroatoms. The summed E-state index contributed by atoms with van der Waals surface area (Å²) in [7, 11) is 0. The van der Waals surface area contributed by atoms with Gasteiger partial charge in [-0.05, 0) is 25.5 Å². The number of unbranched alkanes of at least 4 members (excludes halogenated alkanes) is 1. The quantitative estimate of drug-likeness (QED) is 0.779. The van der Waals surface area contributed by atoms with Crippen molar-refractivity contribution in [2.24, 2.45) is 0 Å². The van der Waals surface area contributed by atoms with E-state index < -0.39 is 0 Å². The topological polar surface area (TPSA) is 29.9 Å². The second kappa shape index (κ2) is 5.01. The van der Waals surface area contributed by atoms with Gasteiger partial charge in [-0.2, -0.15) is 0 Å². The Labute approximate surface area is 96.5 Å². The third-order valence-electron chi connectivity index (χ3n) is 2.78. The van der Waals surface area contributed by atoms with Crippen LogP contribution < -0.4 is 5.32 Å². The van der Waals surface area contributed by atoms with Crippen LogP contribution >= 0.6 is 0 Å². The Morgan fingerprint density at radius 1 is 1.25 bits per heavy atom. The van der Waals surface area contributed by atoms with Crippen molar-refractivity contribution in [3.63, 3.8) is 0 Å². The number of hydrogen-bond acceptors (Lipinski definition) is 2.